The number of hydrogen-bond donors (Lipinski definition) is 2. The number of aliphatic hydroxyl groups excluding tert-OH is 1. The minimum atomic E-state index is 0.0770. The summed E-state index contributed by atoms with van der Waals surface area (Å²) in [5.74, 6) is 0. The van der Waals surface area contributed by atoms with Gasteiger partial charge in [-0.2, -0.15) is 0 Å². The summed E-state index contributed by atoms with van der Waals surface area (Å²) in [5.41, 5.74) is 2.18. The third-order valence-corrected chi connectivity index (χ3v) is 4.63. The number of nitrogens with one attached hydrogen (secondary N) is 1. The van der Waals surface area contributed by atoms with Crippen LogP contribution in [0.25, 0.3) is 0 Å². The van der Waals surface area contributed by atoms with E-state index in [0.29, 0.717) is 12.1 Å². The zero-order valence-electron chi connectivity index (χ0n) is 12.1. The van der Waals surface area contributed by atoms with Crippen LogP contribution in [0.2, 0.25) is 0 Å². The predicted octanol–water partition coefficient (Wildman–Crippen LogP) is 3.18. The molecule has 0 radical (unpaired) electrons. The standard InChI is InChI=1S/C16H25NO2/c1-4-16(3)14(10-15(16)19-5-2)17-13-9-7-6-8-12(13)11-18/h6-9,14-15,17-18H,4-5,10-11H2,1-3H3. The molecule has 19 heavy (non-hydrogen) atoms. The van der Waals surface area contributed by atoms with E-state index in [2.05, 4.69) is 26.1 Å². The smallest absolute Gasteiger partial charge is 0.0701 e. The first-order valence-electron chi connectivity index (χ1n) is 7.22. The van der Waals surface area contributed by atoms with E-state index >= 15 is 0 Å². The Labute approximate surface area is 116 Å². The molecule has 0 aliphatic heterocycles. The quantitative estimate of drug-likeness (QED) is 0.828. The fourth-order valence-electron chi connectivity index (χ4n) is 2.96. The third-order valence-electron chi connectivity index (χ3n) is 4.63. The zero-order valence-corrected chi connectivity index (χ0v) is 12.1. The molecule has 0 heterocycles. The van der Waals surface area contributed by atoms with E-state index < -0.39 is 0 Å². The largest absolute Gasteiger partial charge is 0.392 e. The first-order chi connectivity index (χ1) is 9.15. The number of aliphatic hydroxyl groups is 1. The fourth-order valence-corrected chi connectivity index (χ4v) is 2.96. The summed E-state index contributed by atoms with van der Waals surface area (Å²) in [7, 11) is 0. The van der Waals surface area contributed by atoms with Gasteiger partial charge in [0, 0.05) is 29.3 Å². The molecular formula is C16H25NO2. The summed E-state index contributed by atoms with van der Waals surface area (Å²) in [6.45, 7) is 7.42. The number of benzene rings is 1. The van der Waals surface area contributed by atoms with E-state index in [1.54, 1.807) is 0 Å². The van der Waals surface area contributed by atoms with Crippen molar-refractivity contribution >= 4 is 5.69 Å². The van der Waals surface area contributed by atoms with Crippen LogP contribution in [0.4, 0.5) is 5.69 Å². The highest BCUT2D eigenvalue weighted by Crippen LogP contribution is 2.47. The summed E-state index contributed by atoms with van der Waals surface area (Å²) in [6.07, 6.45) is 2.48. The van der Waals surface area contributed by atoms with Crippen molar-refractivity contribution in [2.24, 2.45) is 5.41 Å². The Morgan fingerprint density at radius 3 is 2.74 bits per heavy atom. The maximum Gasteiger partial charge on any atom is 0.0701 e. The summed E-state index contributed by atoms with van der Waals surface area (Å²) >= 11 is 0. The Balaban J connectivity index is 2.08. The normalized spacial score (nSPS) is 29.9. The molecule has 3 heteroatoms. The van der Waals surface area contributed by atoms with E-state index in [4.69, 9.17) is 4.74 Å². The van der Waals surface area contributed by atoms with Gasteiger partial charge in [-0.1, -0.05) is 32.0 Å². The summed E-state index contributed by atoms with van der Waals surface area (Å²) in [6, 6.07) is 8.38. The number of anilines is 1. The highest BCUT2D eigenvalue weighted by Gasteiger charge is 2.51. The molecule has 2 N–H and O–H groups in total. The van der Waals surface area contributed by atoms with Crippen LogP contribution in [0.15, 0.2) is 24.3 Å². The van der Waals surface area contributed by atoms with Crippen LogP contribution in [0.1, 0.15) is 39.2 Å². The van der Waals surface area contributed by atoms with Crippen LogP contribution >= 0.6 is 0 Å². The molecule has 3 unspecified atom stereocenters. The highest BCUT2D eigenvalue weighted by molar-refractivity contribution is 5.52. The van der Waals surface area contributed by atoms with E-state index in [-0.39, 0.29) is 12.0 Å². The van der Waals surface area contributed by atoms with Gasteiger partial charge < -0.3 is 15.2 Å². The summed E-state index contributed by atoms with van der Waals surface area (Å²) in [5, 5.41) is 13.0. The van der Waals surface area contributed by atoms with Crippen molar-refractivity contribution in [2.75, 3.05) is 11.9 Å². The number of ether oxygens (including phenoxy) is 1. The van der Waals surface area contributed by atoms with Gasteiger partial charge in [0.1, 0.15) is 0 Å². The molecule has 106 valence electrons. The molecule has 0 bridgehead atoms. The van der Waals surface area contributed by atoms with Gasteiger partial charge >= 0.3 is 0 Å². The first-order valence-corrected chi connectivity index (χ1v) is 7.22. The molecule has 0 amide bonds. The first kappa shape index (κ1) is 14.4. The Bertz CT molecular complexity index is 421. The molecule has 0 saturated heterocycles. The molecule has 0 spiro atoms. The molecule has 3 atom stereocenters. The molecule has 3 nitrogen and oxygen atoms in total. The maximum absolute atomic E-state index is 9.38. The molecule has 1 fully saturated rings. The Hall–Kier alpha value is -1.06. The lowest BCUT2D eigenvalue weighted by Gasteiger charge is -2.54. The van der Waals surface area contributed by atoms with Crippen molar-refractivity contribution in [2.45, 2.75) is 52.4 Å². The number of hydrogen-bond acceptors (Lipinski definition) is 3. The molecule has 2 rings (SSSR count). The van der Waals surface area contributed by atoms with Crippen LogP contribution < -0.4 is 5.32 Å². The van der Waals surface area contributed by atoms with Crippen molar-refractivity contribution < 1.29 is 9.84 Å². The van der Waals surface area contributed by atoms with Gasteiger partial charge in [0.25, 0.3) is 0 Å². The van der Waals surface area contributed by atoms with Crippen LogP contribution in [0.5, 0.6) is 0 Å². The topological polar surface area (TPSA) is 41.5 Å². The van der Waals surface area contributed by atoms with Gasteiger partial charge in [0.05, 0.1) is 12.7 Å². The molecule has 1 aliphatic carbocycles. The second-order valence-electron chi connectivity index (χ2n) is 5.55. The maximum atomic E-state index is 9.38. The van der Waals surface area contributed by atoms with E-state index in [0.717, 1.165) is 30.7 Å². The van der Waals surface area contributed by atoms with Crippen molar-refractivity contribution in [1.82, 2.24) is 0 Å². The van der Waals surface area contributed by atoms with Crippen LogP contribution in [-0.4, -0.2) is 23.9 Å². The second-order valence-corrected chi connectivity index (χ2v) is 5.55. The molecule has 1 aromatic rings. The van der Waals surface area contributed by atoms with Gasteiger partial charge in [-0.3, -0.25) is 0 Å². The molecular weight excluding hydrogens is 238 g/mol. The van der Waals surface area contributed by atoms with E-state index in [9.17, 15) is 5.11 Å². The van der Waals surface area contributed by atoms with Crippen LogP contribution in [-0.2, 0) is 11.3 Å². The summed E-state index contributed by atoms with van der Waals surface area (Å²) in [4.78, 5) is 0. The van der Waals surface area contributed by atoms with Gasteiger partial charge in [0.2, 0.25) is 0 Å². The Morgan fingerprint density at radius 2 is 2.11 bits per heavy atom. The average molecular weight is 263 g/mol. The SMILES string of the molecule is CCOC1CC(Nc2ccccc2CO)C1(C)CC. The molecule has 1 saturated carbocycles. The molecule has 1 aliphatic rings. The number of para-hydroxylation sites is 1. The van der Waals surface area contributed by atoms with Crippen molar-refractivity contribution in [1.29, 1.82) is 0 Å². The van der Waals surface area contributed by atoms with E-state index in [1.807, 2.05) is 24.3 Å². The summed E-state index contributed by atoms with van der Waals surface area (Å²) < 4.78 is 5.82. The van der Waals surface area contributed by atoms with Gasteiger partial charge in [-0.15, -0.1) is 0 Å². The fraction of sp³-hybridized carbons (Fsp3) is 0.625. The van der Waals surface area contributed by atoms with E-state index in [1.165, 1.54) is 0 Å². The number of rotatable bonds is 6. The molecule has 1 aromatic carbocycles. The van der Waals surface area contributed by atoms with Gasteiger partial charge in [-0.25, -0.2) is 0 Å². The Morgan fingerprint density at radius 1 is 1.37 bits per heavy atom. The molecule has 0 aromatic heterocycles. The highest BCUT2D eigenvalue weighted by atomic mass is 16.5. The van der Waals surface area contributed by atoms with Crippen molar-refractivity contribution in [3.05, 3.63) is 29.8 Å². The lowest BCUT2D eigenvalue weighted by molar-refractivity contribution is -0.109. The minimum absolute atomic E-state index is 0.0770. The predicted molar refractivity (Wildman–Crippen MR) is 78.2 cm³/mol. The van der Waals surface area contributed by atoms with Gasteiger partial charge in [0.15, 0.2) is 0 Å². The average Bonchev–Trinajstić information content (AvgIpc) is 2.45. The van der Waals surface area contributed by atoms with Crippen molar-refractivity contribution in [3.8, 4) is 0 Å². The zero-order chi connectivity index (χ0) is 13.9. The lowest BCUT2D eigenvalue weighted by atomic mass is 9.61. The lowest BCUT2D eigenvalue weighted by Crippen LogP contribution is -2.59. The van der Waals surface area contributed by atoms with Gasteiger partial charge in [-0.05, 0) is 25.8 Å². The van der Waals surface area contributed by atoms with Crippen LogP contribution in [0, 0.1) is 5.41 Å². The van der Waals surface area contributed by atoms with Crippen molar-refractivity contribution in [3.63, 3.8) is 0 Å². The third kappa shape index (κ3) is 2.63. The second kappa shape index (κ2) is 5.93. The van der Waals surface area contributed by atoms with Crippen LogP contribution in [0.3, 0.4) is 0 Å². The minimum Gasteiger partial charge on any atom is -0.392 e. The monoisotopic (exact) mass is 263 g/mol. The Kier molecular flexibility index (Phi) is 4.48.